The van der Waals surface area contributed by atoms with Crippen LogP contribution in [0, 0.1) is 11.3 Å². The van der Waals surface area contributed by atoms with Crippen molar-refractivity contribution in [2.24, 2.45) is 0 Å². The maximum absolute atomic E-state index is 12.5. The molecule has 1 rings (SSSR count). The quantitative estimate of drug-likeness (QED) is 0.848. The molecule has 8 heteroatoms. The van der Waals surface area contributed by atoms with Crippen molar-refractivity contribution in [3.8, 4) is 6.07 Å². The summed E-state index contributed by atoms with van der Waals surface area (Å²) in [5.74, 6) is 0.290. The maximum Gasteiger partial charge on any atom is 0.246 e. The van der Waals surface area contributed by atoms with Gasteiger partial charge in [0.1, 0.15) is 10.7 Å². The van der Waals surface area contributed by atoms with Crippen LogP contribution in [0.3, 0.4) is 0 Å². The molecule has 6 nitrogen and oxygen atoms in total. The van der Waals surface area contributed by atoms with E-state index in [1.165, 1.54) is 16.6 Å². The molecule has 0 aliphatic heterocycles. The summed E-state index contributed by atoms with van der Waals surface area (Å²) in [6, 6.07) is 3.45. The molecule has 0 amide bonds. The van der Waals surface area contributed by atoms with Crippen LogP contribution in [-0.4, -0.2) is 37.8 Å². The van der Waals surface area contributed by atoms with E-state index < -0.39 is 10.0 Å². The first kappa shape index (κ1) is 15.9. The molecule has 1 aromatic rings. The number of nitrogens with zero attached hydrogens (tertiary/aromatic N) is 3. The summed E-state index contributed by atoms with van der Waals surface area (Å²) < 4.78 is 26.9. The first-order valence-electron chi connectivity index (χ1n) is 5.67. The van der Waals surface area contributed by atoms with Crippen molar-refractivity contribution in [1.29, 1.82) is 5.26 Å². The zero-order valence-electron chi connectivity index (χ0n) is 10.7. The van der Waals surface area contributed by atoms with Crippen molar-refractivity contribution >= 4 is 31.8 Å². The van der Waals surface area contributed by atoms with E-state index in [4.69, 9.17) is 5.26 Å². The molecule has 0 fully saturated rings. The molecule has 0 bridgehead atoms. The Morgan fingerprint density at radius 2 is 2.26 bits per heavy atom. The van der Waals surface area contributed by atoms with Crippen LogP contribution in [0.15, 0.2) is 21.6 Å². The fraction of sp³-hybridized carbons (Fsp3) is 0.455. The zero-order valence-corrected chi connectivity index (χ0v) is 13.1. The highest BCUT2D eigenvalue weighted by molar-refractivity contribution is 9.10. The van der Waals surface area contributed by atoms with Gasteiger partial charge >= 0.3 is 0 Å². The lowest BCUT2D eigenvalue weighted by Gasteiger charge is -2.20. The van der Waals surface area contributed by atoms with Crippen LogP contribution in [0.4, 0.5) is 5.82 Å². The van der Waals surface area contributed by atoms with Gasteiger partial charge in [0.2, 0.25) is 10.0 Å². The number of pyridine rings is 1. The van der Waals surface area contributed by atoms with Gasteiger partial charge in [-0.2, -0.15) is 9.57 Å². The van der Waals surface area contributed by atoms with E-state index >= 15 is 0 Å². The first-order chi connectivity index (χ1) is 8.97. The Morgan fingerprint density at radius 1 is 1.58 bits per heavy atom. The third-order valence-electron chi connectivity index (χ3n) is 2.50. The molecule has 0 aliphatic carbocycles. The molecule has 0 saturated heterocycles. The van der Waals surface area contributed by atoms with Crippen LogP contribution >= 0.6 is 15.9 Å². The van der Waals surface area contributed by atoms with Crippen molar-refractivity contribution < 1.29 is 8.42 Å². The molecule has 0 unspecified atom stereocenters. The van der Waals surface area contributed by atoms with Gasteiger partial charge in [0, 0.05) is 37.2 Å². The van der Waals surface area contributed by atoms with Crippen molar-refractivity contribution in [3.05, 3.63) is 16.7 Å². The second-order valence-electron chi connectivity index (χ2n) is 3.66. The molecule has 0 radical (unpaired) electrons. The molecular weight excluding hydrogens is 332 g/mol. The number of rotatable bonds is 6. The van der Waals surface area contributed by atoms with E-state index in [0.717, 1.165) is 0 Å². The average molecular weight is 347 g/mol. The van der Waals surface area contributed by atoms with Crippen molar-refractivity contribution in [3.63, 3.8) is 0 Å². The number of sulfonamides is 1. The average Bonchev–Trinajstić information content (AvgIpc) is 2.39. The number of aromatic nitrogens is 1. The summed E-state index contributed by atoms with van der Waals surface area (Å²) in [7, 11) is -2.05. The van der Waals surface area contributed by atoms with E-state index in [1.807, 2.05) is 6.07 Å². The largest absolute Gasteiger partial charge is 0.372 e. The number of hydrogen-bond donors (Lipinski definition) is 1. The van der Waals surface area contributed by atoms with E-state index in [2.05, 4.69) is 26.2 Å². The van der Waals surface area contributed by atoms with Crippen molar-refractivity contribution in [2.75, 3.05) is 25.5 Å². The second kappa shape index (κ2) is 6.84. The highest BCUT2D eigenvalue weighted by atomic mass is 79.9. The van der Waals surface area contributed by atoms with Gasteiger partial charge in [-0.15, -0.1) is 0 Å². The van der Waals surface area contributed by atoms with Crippen LogP contribution in [0.5, 0.6) is 0 Å². The number of halogens is 1. The molecule has 0 spiro atoms. The van der Waals surface area contributed by atoms with Gasteiger partial charge < -0.3 is 5.32 Å². The minimum Gasteiger partial charge on any atom is -0.372 e. The highest BCUT2D eigenvalue weighted by Gasteiger charge is 2.26. The van der Waals surface area contributed by atoms with Gasteiger partial charge in [0.25, 0.3) is 0 Å². The minimum atomic E-state index is -3.66. The molecule has 1 aromatic heterocycles. The van der Waals surface area contributed by atoms with Gasteiger partial charge in [-0.05, 0) is 22.0 Å². The summed E-state index contributed by atoms with van der Waals surface area (Å²) in [5, 5.41) is 11.3. The SMILES string of the molecule is CCN(CCC#N)S(=O)(=O)c1cc(Br)cnc1NC. The Morgan fingerprint density at radius 3 is 2.79 bits per heavy atom. The Bertz CT molecular complexity index is 583. The predicted molar refractivity (Wildman–Crippen MR) is 76.1 cm³/mol. The molecule has 0 aromatic carbocycles. The van der Waals surface area contributed by atoms with Gasteiger partial charge in [0.15, 0.2) is 0 Å². The topological polar surface area (TPSA) is 86.1 Å². The standard InChI is InChI=1S/C11H15BrN4O2S/c1-3-16(6-4-5-13)19(17,18)10-7-9(12)8-15-11(10)14-2/h7-8H,3-4,6H2,1-2H3,(H,14,15). The normalized spacial score (nSPS) is 11.3. The van der Waals surface area contributed by atoms with Crippen LogP contribution in [0.1, 0.15) is 13.3 Å². The molecule has 0 saturated carbocycles. The molecule has 0 atom stereocenters. The summed E-state index contributed by atoms with van der Waals surface area (Å²) >= 11 is 3.22. The lowest BCUT2D eigenvalue weighted by molar-refractivity contribution is 0.435. The lowest BCUT2D eigenvalue weighted by Crippen LogP contribution is -2.32. The van der Waals surface area contributed by atoms with E-state index in [0.29, 0.717) is 16.8 Å². The van der Waals surface area contributed by atoms with E-state index in [1.54, 1.807) is 14.0 Å². The van der Waals surface area contributed by atoms with Crippen molar-refractivity contribution in [2.45, 2.75) is 18.2 Å². The predicted octanol–water partition coefficient (Wildman–Crippen LogP) is 1.81. The first-order valence-corrected chi connectivity index (χ1v) is 7.91. The second-order valence-corrected chi connectivity index (χ2v) is 6.48. The molecule has 1 N–H and O–H groups in total. The summed E-state index contributed by atoms with van der Waals surface area (Å²) in [4.78, 5) is 4.13. The van der Waals surface area contributed by atoms with Crippen LogP contribution in [0.25, 0.3) is 0 Å². The fourth-order valence-electron chi connectivity index (χ4n) is 1.57. The molecule has 1 heterocycles. The molecule has 19 heavy (non-hydrogen) atoms. The highest BCUT2D eigenvalue weighted by Crippen LogP contribution is 2.25. The fourth-order valence-corrected chi connectivity index (χ4v) is 3.67. The Hall–Kier alpha value is -1.17. The number of nitriles is 1. The van der Waals surface area contributed by atoms with Gasteiger partial charge in [-0.1, -0.05) is 6.92 Å². The van der Waals surface area contributed by atoms with E-state index in [-0.39, 0.29) is 17.9 Å². The Kier molecular flexibility index (Phi) is 5.72. The third-order valence-corrected chi connectivity index (χ3v) is 4.92. The van der Waals surface area contributed by atoms with Crippen LogP contribution in [-0.2, 0) is 10.0 Å². The Balaban J connectivity index is 3.25. The minimum absolute atomic E-state index is 0.101. The lowest BCUT2D eigenvalue weighted by atomic mass is 10.4. The van der Waals surface area contributed by atoms with Gasteiger partial charge in [0.05, 0.1) is 6.07 Å². The van der Waals surface area contributed by atoms with Gasteiger partial charge in [-0.3, -0.25) is 0 Å². The molecular formula is C11H15BrN4O2S. The summed E-state index contributed by atoms with van der Waals surface area (Å²) in [5.41, 5.74) is 0. The van der Waals surface area contributed by atoms with Crippen LogP contribution in [0.2, 0.25) is 0 Å². The van der Waals surface area contributed by atoms with E-state index in [9.17, 15) is 8.42 Å². The van der Waals surface area contributed by atoms with Crippen LogP contribution < -0.4 is 5.32 Å². The maximum atomic E-state index is 12.5. The molecule has 104 valence electrons. The smallest absolute Gasteiger partial charge is 0.246 e. The summed E-state index contributed by atoms with van der Waals surface area (Å²) in [6.07, 6.45) is 1.68. The Labute approximate surface area is 121 Å². The summed E-state index contributed by atoms with van der Waals surface area (Å²) in [6.45, 7) is 2.21. The molecule has 0 aliphatic rings. The number of anilines is 1. The zero-order chi connectivity index (χ0) is 14.5. The van der Waals surface area contributed by atoms with Gasteiger partial charge in [-0.25, -0.2) is 13.4 Å². The number of hydrogen-bond acceptors (Lipinski definition) is 5. The number of nitrogens with one attached hydrogen (secondary N) is 1. The third kappa shape index (κ3) is 3.65. The van der Waals surface area contributed by atoms with Crippen molar-refractivity contribution in [1.82, 2.24) is 9.29 Å². The monoisotopic (exact) mass is 346 g/mol.